The minimum absolute atomic E-state index is 0.264. The van der Waals surface area contributed by atoms with Gasteiger partial charge in [-0.3, -0.25) is 4.98 Å². The second-order valence-electron chi connectivity index (χ2n) is 1.73. The van der Waals surface area contributed by atoms with Crippen LogP contribution in [0.1, 0.15) is 0 Å². The SMILES string of the molecule is C[SH](S)c1cccnc1. The lowest BCUT2D eigenvalue weighted by molar-refractivity contribution is 1.24. The average Bonchev–Trinajstić information content (AvgIpc) is 1.90. The lowest BCUT2D eigenvalue weighted by atomic mass is 10.5. The molecule has 9 heavy (non-hydrogen) atoms. The van der Waals surface area contributed by atoms with Crippen LogP contribution in [-0.4, -0.2) is 11.2 Å². The lowest BCUT2D eigenvalue weighted by Crippen LogP contribution is -1.73. The number of thiol groups is 2. The summed E-state index contributed by atoms with van der Waals surface area (Å²) in [5.41, 5.74) is 0. The molecule has 1 aromatic rings. The van der Waals surface area contributed by atoms with Crippen LogP contribution in [0.15, 0.2) is 29.4 Å². The van der Waals surface area contributed by atoms with E-state index in [0.29, 0.717) is 0 Å². The van der Waals surface area contributed by atoms with Crippen LogP contribution in [-0.2, 0) is 0 Å². The van der Waals surface area contributed by atoms with Gasteiger partial charge < -0.3 is 0 Å². The highest BCUT2D eigenvalue weighted by atomic mass is 33.1. The molecule has 0 saturated heterocycles. The normalized spacial score (nSPS) is 15.1. The Kier molecular flexibility index (Phi) is 2.42. The first-order valence-electron chi connectivity index (χ1n) is 2.63. The van der Waals surface area contributed by atoms with Gasteiger partial charge in [-0.1, -0.05) is 0 Å². The summed E-state index contributed by atoms with van der Waals surface area (Å²) in [6.45, 7) is 0. The average molecular weight is 159 g/mol. The van der Waals surface area contributed by atoms with Crippen LogP contribution in [0, 0.1) is 0 Å². The molecular formula is C6H9NS2. The first-order chi connectivity index (χ1) is 4.30. The minimum Gasteiger partial charge on any atom is -0.264 e. The van der Waals surface area contributed by atoms with E-state index in [9.17, 15) is 0 Å². The van der Waals surface area contributed by atoms with Gasteiger partial charge in [0.05, 0.1) is 0 Å². The maximum atomic E-state index is 4.31. The summed E-state index contributed by atoms with van der Waals surface area (Å²) in [7, 11) is -0.264. The highest BCUT2D eigenvalue weighted by Gasteiger charge is 1.90. The third-order valence-corrected chi connectivity index (χ3v) is 2.72. The van der Waals surface area contributed by atoms with Gasteiger partial charge in [-0.2, -0.15) is 9.93 Å². The molecule has 0 aromatic carbocycles. The molecule has 0 spiro atoms. The first kappa shape index (κ1) is 6.96. The smallest absolute Gasteiger partial charge is 0.0393 e. The Labute approximate surface area is 62.7 Å². The quantitative estimate of drug-likeness (QED) is 0.471. The molecule has 3 heteroatoms. The third-order valence-electron chi connectivity index (χ3n) is 1.02. The predicted octanol–water partition coefficient (Wildman–Crippen LogP) is 1.92. The molecule has 1 aromatic heterocycles. The molecular weight excluding hydrogens is 150 g/mol. The highest BCUT2D eigenvalue weighted by molar-refractivity contribution is 8.77. The summed E-state index contributed by atoms with van der Waals surface area (Å²) >= 11 is 4.31. The molecule has 1 heterocycles. The van der Waals surface area contributed by atoms with E-state index in [0.717, 1.165) is 0 Å². The molecule has 0 aliphatic rings. The first-order valence-corrected chi connectivity index (χ1v) is 5.57. The molecule has 1 unspecified atom stereocenters. The number of rotatable bonds is 1. The molecule has 0 aliphatic heterocycles. The van der Waals surface area contributed by atoms with E-state index in [4.69, 9.17) is 0 Å². The van der Waals surface area contributed by atoms with Gasteiger partial charge in [0.25, 0.3) is 0 Å². The number of nitrogens with zero attached hydrogens (tertiary/aromatic N) is 1. The topological polar surface area (TPSA) is 12.9 Å². The zero-order valence-electron chi connectivity index (χ0n) is 5.15. The van der Waals surface area contributed by atoms with Gasteiger partial charge in [-0.05, 0) is 18.4 Å². The van der Waals surface area contributed by atoms with Gasteiger partial charge in [-0.15, -0.1) is 11.7 Å². The highest BCUT2D eigenvalue weighted by Crippen LogP contribution is 2.34. The summed E-state index contributed by atoms with van der Waals surface area (Å²) < 4.78 is 0. The molecule has 0 bridgehead atoms. The van der Waals surface area contributed by atoms with Gasteiger partial charge in [0.2, 0.25) is 0 Å². The Morgan fingerprint density at radius 2 is 2.44 bits per heavy atom. The largest absolute Gasteiger partial charge is 0.264 e. The van der Waals surface area contributed by atoms with Gasteiger partial charge in [-0.25, -0.2) is 0 Å². The molecule has 1 rings (SSSR count). The van der Waals surface area contributed by atoms with Crippen molar-refractivity contribution in [2.24, 2.45) is 0 Å². The molecule has 0 amide bonds. The van der Waals surface area contributed by atoms with E-state index in [1.165, 1.54) is 4.90 Å². The summed E-state index contributed by atoms with van der Waals surface area (Å²) in [5, 5.41) is 0. The number of hydrogen-bond donors (Lipinski definition) is 2. The monoisotopic (exact) mass is 159 g/mol. The van der Waals surface area contributed by atoms with Crippen molar-refractivity contribution in [3.8, 4) is 0 Å². The summed E-state index contributed by atoms with van der Waals surface area (Å²) in [6, 6.07) is 3.98. The van der Waals surface area contributed by atoms with Crippen molar-refractivity contribution in [2.75, 3.05) is 6.26 Å². The Morgan fingerprint density at radius 3 is 2.78 bits per heavy atom. The van der Waals surface area contributed by atoms with Gasteiger partial charge in [0.1, 0.15) is 0 Å². The molecule has 0 saturated carbocycles. The second-order valence-corrected chi connectivity index (χ2v) is 5.10. The Hall–Kier alpha value is -0.150. The molecule has 0 fully saturated rings. The maximum Gasteiger partial charge on any atom is 0.0393 e. The molecule has 1 nitrogen and oxygen atoms in total. The zero-order chi connectivity index (χ0) is 6.69. The van der Waals surface area contributed by atoms with Crippen LogP contribution >= 0.6 is 21.6 Å². The van der Waals surface area contributed by atoms with Gasteiger partial charge >= 0.3 is 0 Å². The number of hydrogen-bond acceptors (Lipinski definition) is 2. The van der Waals surface area contributed by atoms with Crippen LogP contribution in [0.2, 0.25) is 0 Å². The summed E-state index contributed by atoms with van der Waals surface area (Å²) in [6.07, 6.45) is 5.73. The molecule has 0 aliphatic carbocycles. The molecule has 1 atom stereocenters. The minimum atomic E-state index is -0.264. The van der Waals surface area contributed by atoms with Crippen LogP contribution in [0.3, 0.4) is 0 Å². The number of pyridine rings is 1. The van der Waals surface area contributed by atoms with Crippen molar-refractivity contribution in [3.05, 3.63) is 24.5 Å². The second kappa shape index (κ2) is 3.13. The van der Waals surface area contributed by atoms with Crippen molar-refractivity contribution < 1.29 is 0 Å². The van der Waals surface area contributed by atoms with Crippen molar-refractivity contribution in [3.63, 3.8) is 0 Å². The fraction of sp³-hybridized carbons (Fsp3) is 0.167. The van der Waals surface area contributed by atoms with Crippen molar-refractivity contribution in [1.29, 1.82) is 0 Å². The maximum absolute atomic E-state index is 4.31. The van der Waals surface area contributed by atoms with E-state index in [-0.39, 0.29) is 9.93 Å². The Bertz CT molecular complexity index is 174. The van der Waals surface area contributed by atoms with Gasteiger partial charge in [0.15, 0.2) is 0 Å². The summed E-state index contributed by atoms with van der Waals surface area (Å²) in [5.74, 6) is 0. The van der Waals surface area contributed by atoms with E-state index >= 15 is 0 Å². The van der Waals surface area contributed by atoms with Crippen LogP contribution in [0.5, 0.6) is 0 Å². The lowest BCUT2D eigenvalue weighted by Gasteiger charge is -2.05. The van der Waals surface area contributed by atoms with Crippen LogP contribution in [0.4, 0.5) is 0 Å². The van der Waals surface area contributed by atoms with E-state index in [1.54, 1.807) is 6.20 Å². The Balaban J connectivity index is 2.85. The molecule has 0 radical (unpaired) electrons. The fourth-order valence-electron chi connectivity index (χ4n) is 0.545. The summed E-state index contributed by atoms with van der Waals surface area (Å²) in [4.78, 5) is 5.21. The fourth-order valence-corrected chi connectivity index (χ4v) is 1.44. The zero-order valence-corrected chi connectivity index (χ0v) is 6.94. The van der Waals surface area contributed by atoms with Crippen molar-refractivity contribution >= 4 is 21.6 Å². The predicted molar refractivity (Wildman–Crippen MR) is 46.4 cm³/mol. The van der Waals surface area contributed by atoms with E-state index in [2.05, 4.69) is 22.9 Å². The number of aromatic nitrogens is 1. The van der Waals surface area contributed by atoms with E-state index in [1.807, 2.05) is 18.3 Å². The molecule has 0 N–H and O–H groups in total. The van der Waals surface area contributed by atoms with Crippen LogP contribution < -0.4 is 0 Å². The Morgan fingerprint density at radius 1 is 1.67 bits per heavy atom. The van der Waals surface area contributed by atoms with Gasteiger partial charge in [0, 0.05) is 17.3 Å². The third kappa shape index (κ3) is 1.91. The van der Waals surface area contributed by atoms with Crippen LogP contribution in [0.25, 0.3) is 0 Å². The van der Waals surface area contributed by atoms with Crippen molar-refractivity contribution in [2.45, 2.75) is 4.90 Å². The standard InChI is InChI=1S/C6H9NS2/c1-9(8)6-3-2-4-7-5-6/h2-5,8-9H,1H3. The van der Waals surface area contributed by atoms with Crippen molar-refractivity contribution in [1.82, 2.24) is 4.98 Å². The van der Waals surface area contributed by atoms with E-state index < -0.39 is 0 Å². The molecule has 50 valence electrons.